The van der Waals surface area contributed by atoms with Crippen LogP contribution in [-0.2, 0) is 11.4 Å². The number of para-hydroxylation sites is 1. The van der Waals surface area contributed by atoms with E-state index in [2.05, 4.69) is 0 Å². The van der Waals surface area contributed by atoms with Crippen LogP contribution in [0.15, 0.2) is 113 Å². The van der Waals surface area contributed by atoms with Crippen LogP contribution < -0.4 is 9.64 Å². The van der Waals surface area contributed by atoms with Gasteiger partial charge in [-0.15, -0.1) is 0 Å². The average molecular weight is 491 g/mol. The van der Waals surface area contributed by atoms with Crippen LogP contribution in [0, 0.1) is 13.8 Å². The molecule has 0 aromatic heterocycles. The van der Waals surface area contributed by atoms with Crippen molar-refractivity contribution in [2.75, 3.05) is 4.90 Å². The molecule has 1 heterocycles. The van der Waals surface area contributed by atoms with Crippen LogP contribution in [0.1, 0.15) is 22.3 Å². The third-order valence-electron chi connectivity index (χ3n) is 5.80. The number of anilines is 1. The first-order chi connectivity index (χ1) is 17.6. The summed E-state index contributed by atoms with van der Waals surface area (Å²) < 4.78 is 6.12. The van der Waals surface area contributed by atoms with Crippen LogP contribution in [0.4, 0.5) is 11.4 Å². The number of hydrogen-bond donors (Lipinski definition) is 0. The van der Waals surface area contributed by atoms with Crippen molar-refractivity contribution in [1.82, 2.24) is 0 Å². The minimum Gasteiger partial charge on any atom is -0.488 e. The van der Waals surface area contributed by atoms with E-state index < -0.39 is 0 Å². The maximum Gasteiger partial charge on any atom is 0.271 e. The predicted octanol–water partition coefficient (Wildman–Crippen LogP) is 7.69. The van der Waals surface area contributed by atoms with Crippen molar-refractivity contribution >= 4 is 40.3 Å². The molecule has 1 aliphatic rings. The fourth-order valence-corrected chi connectivity index (χ4v) is 4.80. The maximum absolute atomic E-state index is 13.7. The molecule has 0 bridgehead atoms. The number of amidine groups is 1. The van der Waals surface area contributed by atoms with Gasteiger partial charge in [0, 0.05) is 5.56 Å². The molecule has 0 unspecified atom stereocenters. The highest BCUT2D eigenvalue weighted by Gasteiger charge is 2.35. The first-order valence-electron chi connectivity index (χ1n) is 11.8. The molecule has 36 heavy (non-hydrogen) atoms. The Morgan fingerprint density at radius 2 is 1.44 bits per heavy atom. The zero-order valence-corrected chi connectivity index (χ0v) is 21.0. The summed E-state index contributed by atoms with van der Waals surface area (Å²) in [4.78, 5) is 20.8. The van der Waals surface area contributed by atoms with Crippen molar-refractivity contribution in [2.45, 2.75) is 20.5 Å². The van der Waals surface area contributed by atoms with Crippen LogP contribution in [-0.4, -0.2) is 11.1 Å². The van der Waals surface area contributed by atoms with Gasteiger partial charge < -0.3 is 4.74 Å². The Bertz CT molecular complexity index is 1430. The molecule has 4 nitrogen and oxygen atoms in total. The lowest BCUT2D eigenvalue weighted by atomic mass is 10.1. The summed E-state index contributed by atoms with van der Waals surface area (Å²) in [5, 5.41) is 0.627. The van der Waals surface area contributed by atoms with Gasteiger partial charge in [-0.1, -0.05) is 83.9 Å². The molecule has 0 N–H and O–H groups in total. The predicted molar refractivity (Wildman–Crippen MR) is 150 cm³/mol. The molecule has 0 atom stereocenters. The van der Waals surface area contributed by atoms with Crippen molar-refractivity contribution in [1.29, 1.82) is 0 Å². The number of aliphatic imine (C=N–C) groups is 1. The third kappa shape index (κ3) is 5.42. The van der Waals surface area contributed by atoms with Crippen molar-refractivity contribution < 1.29 is 9.53 Å². The molecule has 5 heteroatoms. The minimum atomic E-state index is -0.104. The number of ether oxygens (including phenoxy) is 1. The molecule has 178 valence electrons. The van der Waals surface area contributed by atoms with Crippen LogP contribution in [0.2, 0.25) is 0 Å². The second-order valence-electron chi connectivity index (χ2n) is 8.63. The Hall–Kier alpha value is -4.09. The Labute approximate surface area is 216 Å². The molecular weight excluding hydrogens is 464 g/mol. The van der Waals surface area contributed by atoms with Gasteiger partial charge in [-0.05, 0) is 67.6 Å². The highest BCUT2D eigenvalue weighted by Crippen LogP contribution is 2.38. The number of nitrogens with zero attached hydrogens (tertiary/aromatic N) is 2. The van der Waals surface area contributed by atoms with Crippen LogP contribution in [0.25, 0.3) is 6.08 Å². The number of amides is 1. The molecule has 4 aromatic carbocycles. The van der Waals surface area contributed by atoms with E-state index in [0.29, 0.717) is 16.7 Å². The van der Waals surface area contributed by atoms with Gasteiger partial charge in [0.15, 0.2) is 5.17 Å². The van der Waals surface area contributed by atoms with Gasteiger partial charge in [-0.2, -0.15) is 0 Å². The van der Waals surface area contributed by atoms with Gasteiger partial charge in [0.05, 0.1) is 16.3 Å². The van der Waals surface area contributed by atoms with E-state index in [9.17, 15) is 4.79 Å². The zero-order valence-electron chi connectivity index (χ0n) is 20.2. The Morgan fingerprint density at radius 1 is 0.806 bits per heavy atom. The highest BCUT2D eigenvalue weighted by molar-refractivity contribution is 8.19. The topological polar surface area (TPSA) is 41.9 Å². The Balaban J connectivity index is 1.49. The van der Waals surface area contributed by atoms with Crippen molar-refractivity contribution in [2.24, 2.45) is 4.99 Å². The summed E-state index contributed by atoms with van der Waals surface area (Å²) in [6.07, 6.45) is 1.90. The van der Waals surface area contributed by atoms with Gasteiger partial charge in [0.2, 0.25) is 0 Å². The van der Waals surface area contributed by atoms with E-state index >= 15 is 0 Å². The van der Waals surface area contributed by atoms with E-state index in [-0.39, 0.29) is 5.91 Å². The first-order valence-corrected chi connectivity index (χ1v) is 12.6. The normalized spacial score (nSPS) is 15.6. The van der Waals surface area contributed by atoms with E-state index in [1.165, 1.54) is 11.8 Å². The van der Waals surface area contributed by atoms with Crippen LogP contribution in [0.5, 0.6) is 5.75 Å². The fourth-order valence-electron chi connectivity index (χ4n) is 3.81. The largest absolute Gasteiger partial charge is 0.488 e. The summed E-state index contributed by atoms with van der Waals surface area (Å²) in [5.41, 5.74) is 5.84. The summed E-state index contributed by atoms with van der Waals surface area (Å²) in [6, 6.07) is 33.7. The lowest BCUT2D eigenvalue weighted by Gasteiger charge is -2.16. The molecule has 0 spiro atoms. The van der Waals surface area contributed by atoms with Gasteiger partial charge in [-0.25, -0.2) is 4.99 Å². The third-order valence-corrected chi connectivity index (χ3v) is 6.77. The molecule has 4 aromatic rings. The lowest BCUT2D eigenvalue weighted by molar-refractivity contribution is -0.113. The SMILES string of the molecule is Cc1ccc(N=C2S/C(=C/c3ccccc3OCc3ccccc3)C(=O)N2c2ccc(C)cc2)cc1. The van der Waals surface area contributed by atoms with Gasteiger partial charge in [-0.3, -0.25) is 9.69 Å². The molecule has 0 aliphatic carbocycles. The van der Waals surface area contributed by atoms with Crippen LogP contribution >= 0.6 is 11.8 Å². The van der Waals surface area contributed by atoms with E-state index in [0.717, 1.165) is 39.4 Å². The van der Waals surface area contributed by atoms with Gasteiger partial charge in [0.1, 0.15) is 12.4 Å². The molecular formula is C31H26N2O2S. The molecule has 1 amide bonds. The summed E-state index contributed by atoms with van der Waals surface area (Å²) >= 11 is 1.37. The number of aryl methyl sites for hydroxylation is 2. The van der Waals surface area contributed by atoms with Gasteiger partial charge >= 0.3 is 0 Å². The smallest absolute Gasteiger partial charge is 0.271 e. The second-order valence-corrected chi connectivity index (χ2v) is 9.64. The molecule has 0 saturated carbocycles. The van der Waals surface area contributed by atoms with Gasteiger partial charge in [0.25, 0.3) is 5.91 Å². The lowest BCUT2D eigenvalue weighted by Crippen LogP contribution is -2.28. The van der Waals surface area contributed by atoms with Crippen molar-refractivity contribution in [3.8, 4) is 5.75 Å². The van der Waals surface area contributed by atoms with Crippen LogP contribution in [0.3, 0.4) is 0 Å². The van der Waals surface area contributed by atoms with E-state index in [1.54, 1.807) is 4.90 Å². The maximum atomic E-state index is 13.7. The number of rotatable bonds is 6. The average Bonchev–Trinajstić information content (AvgIpc) is 3.20. The molecule has 5 rings (SSSR count). The van der Waals surface area contributed by atoms with E-state index in [1.807, 2.05) is 123 Å². The highest BCUT2D eigenvalue weighted by atomic mass is 32.2. The summed E-state index contributed by atoms with van der Waals surface area (Å²) in [7, 11) is 0. The van der Waals surface area contributed by atoms with E-state index in [4.69, 9.17) is 9.73 Å². The van der Waals surface area contributed by atoms with Crippen molar-refractivity contribution in [3.05, 3.63) is 130 Å². The number of carbonyl (C=O) groups is 1. The molecule has 0 radical (unpaired) electrons. The first kappa shape index (κ1) is 23.6. The number of carbonyl (C=O) groups excluding carboxylic acids is 1. The number of hydrogen-bond acceptors (Lipinski definition) is 4. The molecule has 1 fully saturated rings. The second kappa shape index (κ2) is 10.7. The summed E-state index contributed by atoms with van der Waals surface area (Å²) in [5.74, 6) is 0.626. The molecule has 1 aliphatic heterocycles. The Morgan fingerprint density at radius 3 is 2.17 bits per heavy atom. The monoisotopic (exact) mass is 490 g/mol. The quantitative estimate of drug-likeness (QED) is 0.260. The van der Waals surface area contributed by atoms with Crippen molar-refractivity contribution in [3.63, 3.8) is 0 Å². The minimum absolute atomic E-state index is 0.104. The fraction of sp³-hybridized carbons (Fsp3) is 0.0968. The summed E-state index contributed by atoms with van der Waals surface area (Å²) in [6.45, 7) is 4.53. The Kier molecular flexibility index (Phi) is 7.01. The number of benzene rings is 4. The standard InChI is InChI=1S/C31H26N2O2S/c1-22-12-16-26(17-13-22)32-31-33(27-18-14-23(2)15-19-27)30(34)29(36-31)20-25-10-6-7-11-28(25)35-21-24-8-4-3-5-9-24/h3-20H,21H2,1-2H3/b29-20+,32-31?. The zero-order chi connectivity index (χ0) is 24.9. The number of thioether (sulfide) groups is 1. The molecule has 1 saturated heterocycles.